The van der Waals surface area contributed by atoms with Gasteiger partial charge in [0.25, 0.3) is 0 Å². The highest BCUT2D eigenvalue weighted by molar-refractivity contribution is 5.29. The highest BCUT2D eigenvalue weighted by Gasteiger charge is 2.60. The minimum atomic E-state index is -0.494. The molecule has 5 aliphatic rings. The van der Waals surface area contributed by atoms with E-state index in [1.54, 1.807) is 0 Å². The van der Waals surface area contributed by atoms with Crippen LogP contribution in [0.1, 0.15) is 69.3 Å². The van der Waals surface area contributed by atoms with Gasteiger partial charge in [-0.1, -0.05) is 12.1 Å². The average molecular weight is 459 g/mol. The zero-order valence-corrected chi connectivity index (χ0v) is 21.1. The normalized spacial score (nSPS) is 37.9. The third kappa shape index (κ3) is 5.12. The number of likely N-dealkylation sites (N-methyl/N-ethyl adjacent to an activating group) is 1. The van der Waals surface area contributed by atoms with Crippen molar-refractivity contribution >= 4 is 0 Å². The fourth-order valence-corrected chi connectivity index (χ4v) is 7.25. The van der Waals surface area contributed by atoms with Gasteiger partial charge in [0, 0.05) is 18.9 Å². The summed E-state index contributed by atoms with van der Waals surface area (Å²) in [7, 11) is 8.40. The number of benzene rings is 1. The van der Waals surface area contributed by atoms with Crippen LogP contribution < -0.4 is 4.74 Å². The summed E-state index contributed by atoms with van der Waals surface area (Å²) in [5, 5.41) is 0. The summed E-state index contributed by atoms with van der Waals surface area (Å²) in [6.45, 7) is 1.75. The fourth-order valence-electron chi connectivity index (χ4n) is 7.25. The minimum Gasteiger partial charge on any atom is -0.488 e. The molecule has 0 radical (unpaired) electrons. The second kappa shape index (κ2) is 9.49. The van der Waals surface area contributed by atoms with E-state index in [0.29, 0.717) is 17.8 Å². The molecule has 4 bridgehead atoms. The quantitative estimate of drug-likeness (QED) is 0.211. The summed E-state index contributed by atoms with van der Waals surface area (Å²) in [6, 6.07) is 8.76. The SMILES string of the molecule is COC1(OO[C@H]2CC[C@@H](c3ccc(OCC[N+](C)(C)C)cc3)CC2)C2CC3CC(C2)CC1C3. The summed E-state index contributed by atoms with van der Waals surface area (Å²) in [5.41, 5.74) is 1.42. The molecule has 5 saturated carbocycles. The van der Waals surface area contributed by atoms with E-state index < -0.39 is 5.79 Å². The molecule has 1 aromatic rings. The van der Waals surface area contributed by atoms with Gasteiger partial charge in [0.2, 0.25) is 5.79 Å². The Morgan fingerprint density at radius 2 is 1.45 bits per heavy atom. The van der Waals surface area contributed by atoms with E-state index in [9.17, 15) is 0 Å². The van der Waals surface area contributed by atoms with Crippen molar-refractivity contribution in [2.75, 3.05) is 41.4 Å². The zero-order chi connectivity index (χ0) is 23.1. The Morgan fingerprint density at radius 1 is 0.848 bits per heavy atom. The van der Waals surface area contributed by atoms with Crippen LogP contribution in [0.25, 0.3) is 0 Å². The molecule has 0 aliphatic heterocycles. The first-order valence-electron chi connectivity index (χ1n) is 13.3. The fraction of sp³-hybridized carbons (Fsp3) is 0.786. The lowest BCUT2D eigenvalue weighted by Gasteiger charge is -2.58. The van der Waals surface area contributed by atoms with E-state index >= 15 is 0 Å². The molecular formula is C28H44NO4+. The molecule has 0 aromatic heterocycles. The van der Waals surface area contributed by atoms with Crippen LogP contribution in [0.2, 0.25) is 0 Å². The Balaban J connectivity index is 1.09. The molecule has 5 heteroatoms. The molecule has 0 saturated heterocycles. The van der Waals surface area contributed by atoms with Crippen LogP contribution in [-0.4, -0.2) is 57.8 Å². The average Bonchev–Trinajstić information content (AvgIpc) is 2.79. The van der Waals surface area contributed by atoms with Crippen LogP contribution in [0.3, 0.4) is 0 Å². The van der Waals surface area contributed by atoms with E-state index in [2.05, 4.69) is 45.4 Å². The topological polar surface area (TPSA) is 36.9 Å². The summed E-state index contributed by atoms with van der Waals surface area (Å²) < 4.78 is 12.9. The van der Waals surface area contributed by atoms with Crippen molar-refractivity contribution in [2.45, 2.75) is 75.6 Å². The molecule has 0 spiro atoms. The van der Waals surface area contributed by atoms with Gasteiger partial charge in [0.1, 0.15) is 18.9 Å². The van der Waals surface area contributed by atoms with E-state index in [0.717, 1.165) is 60.9 Å². The molecule has 6 rings (SSSR count). The number of rotatable bonds is 9. The smallest absolute Gasteiger partial charge is 0.207 e. The molecule has 5 fully saturated rings. The van der Waals surface area contributed by atoms with Crippen molar-refractivity contribution in [3.63, 3.8) is 0 Å². The van der Waals surface area contributed by atoms with Crippen LogP contribution in [0.15, 0.2) is 24.3 Å². The highest BCUT2D eigenvalue weighted by Crippen LogP contribution is 2.60. The number of nitrogens with zero attached hydrogens (tertiary/aromatic N) is 1. The van der Waals surface area contributed by atoms with Crippen molar-refractivity contribution in [1.82, 2.24) is 0 Å². The maximum atomic E-state index is 6.27. The first-order valence-corrected chi connectivity index (χ1v) is 13.3. The van der Waals surface area contributed by atoms with Gasteiger partial charge in [-0.05, 0) is 93.2 Å². The maximum Gasteiger partial charge on any atom is 0.207 e. The van der Waals surface area contributed by atoms with Gasteiger partial charge in [-0.15, -0.1) is 0 Å². The van der Waals surface area contributed by atoms with Gasteiger partial charge in [0.15, 0.2) is 0 Å². The minimum absolute atomic E-state index is 0.184. The van der Waals surface area contributed by atoms with Crippen molar-refractivity contribution in [3.05, 3.63) is 29.8 Å². The number of hydrogen-bond donors (Lipinski definition) is 0. The lowest BCUT2D eigenvalue weighted by molar-refractivity contribution is -0.870. The zero-order valence-electron chi connectivity index (χ0n) is 21.1. The number of quaternary nitrogens is 1. The van der Waals surface area contributed by atoms with Crippen LogP contribution in [-0.2, 0) is 14.5 Å². The lowest BCUT2D eigenvalue weighted by atomic mass is 9.53. The molecule has 0 heterocycles. The second-order valence-electron chi connectivity index (χ2n) is 12.3. The number of hydrogen-bond acceptors (Lipinski definition) is 4. The maximum absolute atomic E-state index is 6.27. The molecular weight excluding hydrogens is 414 g/mol. The van der Waals surface area contributed by atoms with Gasteiger partial charge >= 0.3 is 0 Å². The molecule has 184 valence electrons. The molecule has 5 nitrogen and oxygen atoms in total. The Hall–Kier alpha value is -1.14. The largest absolute Gasteiger partial charge is 0.488 e. The third-order valence-electron chi connectivity index (χ3n) is 8.97. The van der Waals surface area contributed by atoms with Crippen molar-refractivity contribution in [1.29, 1.82) is 0 Å². The summed E-state index contributed by atoms with van der Waals surface area (Å²) >= 11 is 0. The van der Waals surface area contributed by atoms with Crippen molar-refractivity contribution in [3.8, 4) is 5.75 Å². The van der Waals surface area contributed by atoms with Crippen molar-refractivity contribution in [2.24, 2.45) is 23.7 Å². The Morgan fingerprint density at radius 3 is 2.00 bits per heavy atom. The highest BCUT2D eigenvalue weighted by atomic mass is 17.2. The van der Waals surface area contributed by atoms with Gasteiger partial charge < -0.3 is 14.0 Å². The Bertz CT molecular complexity index is 750. The van der Waals surface area contributed by atoms with E-state index in [4.69, 9.17) is 19.2 Å². The standard InChI is InChI=1S/C28H44NO4/c1-29(2,3)13-14-31-26-9-5-22(6-10-26)23-7-11-27(12-8-23)32-33-28(30-4)24-16-20-15-21(18-24)19-25(28)17-20/h5-6,9-10,20-21,23-25,27H,7-8,11-19H2,1-4H3/q+1/t20?,21?,23-,24?,25?,27+,28?. The summed E-state index contributed by atoms with van der Waals surface area (Å²) in [5.74, 6) is 3.89. The predicted octanol–water partition coefficient (Wildman–Crippen LogP) is 5.54. The monoisotopic (exact) mass is 458 g/mol. The van der Waals surface area contributed by atoms with Crippen molar-refractivity contribution < 1.29 is 23.7 Å². The van der Waals surface area contributed by atoms with Gasteiger partial charge in [0.05, 0.1) is 27.2 Å². The molecule has 0 N–H and O–H groups in total. The van der Waals surface area contributed by atoms with E-state index in [-0.39, 0.29) is 6.10 Å². The van der Waals surface area contributed by atoms with Gasteiger partial charge in [-0.25, -0.2) is 9.78 Å². The number of ether oxygens (including phenoxy) is 2. The Labute approximate surface area is 200 Å². The van der Waals surface area contributed by atoms with E-state index in [1.165, 1.54) is 37.7 Å². The van der Waals surface area contributed by atoms with E-state index in [1.807, 2.05) is 7.11 Å². The summed E-state index contributed by atoms with van der Waals surface area (Å²) in [4.78, 5) is 12.4. The first kappa shape index (κ1) is 23.6. The molecule has 0 atom stereocenters. The Kier molecular flexibility index (Phi) is 6.78. The van der Waals surface area contributed by atoms with Crippen LogP contribution >= 0.6 is 0 Å². The first-order chi connectivity index (χ1) is 15.8. The predicted molar refractivity (Wildman–Crippen MR) is 129 cm³/mol. The molecule has 1 aromatic carbocycles. The second-order valence-corrected chi connectivity index (χ2v) is 12.3. The lowest BCUT2D eigenvalue weighted by Crippen LogP contribution is -2.60. The van der Waals surface area contributed by atoms with Gasteiger partial charge in [-0.3, -0.25) is 0 Å². The number of methoxy groups -OCH3 is 1. The van der Waals surface area contributed by atoms with Crippen LogP contribution in [0.5, 0.6) is 5.75 Å². The molecule has 5 aliphatic carbocycles. The molecule has 0 unspecified atom stereocenters. The van der Waals surface area contributed by atoms with Crippen LogP contribution in [0, 0.1) is 23.7 Å². The molecule has 0 amide bonds. The molecule has 33 heavy (non-hydrogen) atoms. The third-order valence-corrected chi connectivity index (χ3v) is 8.97. The summed E-state index contributed by atoms with van der Waals surface area (Å²) in [6.07, 6.45) is 11.0. The van der Waals surface area contributed by atoms with Crippen LogP contribution in [0.4, 0.5) is 0 Å². The van der Waals surface area contributed by atoms with Gasteiger partial charge in [-0.2, -0.15) is 0 Å².